The van der Waals surface area contributed by atoms with E-state index < -0.39 is 0 Å². The molecule has 26 heavy (non-hydrogen) atoms. The highest BCUT2D eigenvalue weighted by Crippen LogP contribution is 2.30. The normalized spacial score (nSPS) is 16.8. The molecule has 0 spiro atoms. The van der Waals surface area contributed by atoms with Crippen molar-refractivity contribution in [2.45, 2.75) is 19.4 Å². The molecule has 1 fully saturated rings. The molecule has 0 saturated carbocycles. The van der Waals surface area contributed by atoms with Crippen molar-refractivity contribution in [2.24, 2.45) is 0 Å². The molecule has 1 saturated heterocycles. The maximum absolute atomic E-state index is 12.4. The lowest BCUT2D eigenvalue weighted by Crippen LogP contribution is -2.37. The van der Waals surface area contributed by atoms with Crippen molar-refractivity contribution in [3.05, 3.63) is 32.5 Å². The largest absolute Gasteiger partial charge is 0.352 e. The zero-order valence-corrected chi connectivity index (χ0v) is 16.4. The Balaban J connectivity index is 1.61. The summed E-state index contributed by atoms with van der Waals surface area (Å²) >= 11 is 13.4. The molecule has 3 N–H and O–H groups in total. The van der Waals surface area contributed by atoms with Crippen molar-refractivity contribution in [3.8, 4) is 0 Å². The predicted molar refractivity (Wildman–Crippen MR) is 100 cm³/mol. The number of hydrogen-bond donors (Lipinski definition) is 3. The number of nitrogens with zero attached hydrogens (tertiary/aromatic N) is 2. The molecule has 2 aromatic rings. The summed E-state index contributed by atoms with van der Waals surface area (Å²) in [5.41, 5.74) is 3.18. The lowest BCUT2D eigenvalue weighted by atomic mass is 10.2. The zero-order chi connectivity index (χ0) is 18.8. The first-order valence-electron chi connectivity index (χ1n) is 7.79. The van der Waals surface area contributed by atoms with Crippen LogP contribution in [0, 0.1) is 6.92 Å². The topological polar surface area (TPSA) is 99.3 Å². The number of rotatable bonds is 5. The molecule has 3 rings (SSSR count). The van der Waals surface area contributed by atoms with Gasteiger partial charge in [0.1, 0.15) is 10.6 Å². The Labute approximate surface area is 163 Å². The maximum Gasteiger partial charge on any atom is 0.286 e. The summed E-state index contributed by atoms with van der Waals surface area (Å²) in [5.74, 6) is -0.634. The van der Waals surface area contributed by atoms with E-state index in [1.807, 2.05) is 4.90 Å². The smallest absolute Gasteiger partial charge is 0.286 e. The molecule has 0 radical (unpaired) electrons. The second-order valence-electron chi connectivity index (χ2n) is 5.80. The van der Waals surface area contributed by atoms with Crippen molar-refractivity contribution < 1.29 is 14.4 Å². The summed E-state index contributed by atoms with van der Waals surface area (Å²) in [7, 11) is 1.37. The van der Waals surface area contributed by atoms with Gasteiger partial charge in [0.15, 0.2) is 5.13 Å². The number of nitrogens with one attached hydrogen (secondary N) is 3. The van der Waals surface area contributed by atoms with Gasteiger partial charge in [-0.05, 0) is 13.3 Å². The van der Waals surface area contributed by atoms with E-state index >= 15 is 0 Å². The molecular weight excluding hydrogens is 401 g/mol. The molecule has 0 aliphatic carbocycles. The Morgan fingerprint density at radius 3 is 2.81 bits per heavy atom. The van der Waals surface area contributed by atoms with E-state index in [2.05, 4.69) is 25.6 Å². The molecule has 1 atom stereocenters. The number of anilines is 1. The minimum atomic E-state index is -0.339. The van der Waals surface area contributed by atoms with E-state index in [0.717, 1.165) is 18.1 Å². The molecule has 2 amide bonds. The number of thiazole rings is 1. The minimum absolute atomic E-state index is 0.0545. The molecular formula is C15H17Cl2N5O3S. The van der Waals surface area contributed by atoms with Crippen LogP contribution in [0.2, 0.25) is 10.0 Å². The predicted octanol–water partition coefficient (Wildman–Crippen LogP) is 2.39. The number of aromatic nitrogens is 2. The second-order valence-corrected chi connectivity index (χ2v) is 7.57. The standard InChI is InChI=1S/C15H17Cl2N5O3S/c1-7-10(16)11(17)12(19-7)14(24)20-8-3-4-22(6-8)15-18-5-9(26-15)13(23)21-25-2/h5,8,19H,3-4,6H2,1-2H3,(H,20,24)(H,21,23)/t8-/m1/s1. The molecule has 3 heterocycles. The molecule has 140 valence electrons. The summed E-state index contributed by atoms with van der Waals surface area (Å²) in [6.07, 6.45) is 2.26. The van der Waals surface area contributed by atoms with E-state index in [1.165, 1.54) is 24.6 Å². The summed E-state index contributed by atoms with van der Waals surface area (Å²) in [4.78, 5) is 38.4. The number of halogens is 2. The first-order chi connectivity index (χ1) is 12.4. The number of amides is 2. The second kappa shape index (κ2) is 7.83. The van der Waals surface area contributed by atoms with Crippen molar-refractivity contribution in [1.29, 1.82) is 0 Å². The van der Waals surface area contributed by atoms with Crippen LogP contribution in [-0.2, 0) is 4.84 Å². The quantitative estimate of drug-likeness (QED) is 0.648. The van der Waals surface area contributed by atoms with Crippen LogP contribution in [0.3, 0.4) is 0 Å². The molecule has 0 aromatic carbocycles. The fraction of sp³-hybridized carbons (Fsp3) is 0.400. The van der Waals surface area contributed by atoms with Crippen molar-refractivity contribution in [3.63, 3.8) is 0 Å². The number of carbonyl (C=O) groups excluding carboxylic acids is 2. The van der Waals surface area contributed by atoms with Gasteiger partial charge in [-0.2, -0.15) is 0 Å². The summed E-state index contributed by atoms with van der Waals surface area (Å²) in [5, 5.41) is 4.25. The molecule has 11 heteroatoms. The molecule has 1 aliphatic heterocycles. The lowest BCUT2D eigenvalue weighted by Gasteiger charge is -2.15. The van der Waals surface area contributed by atoms with Crippen LogP contribution in [0.4, 0.5) is 5.13 Å². The molecule has 1 aliphatic rings. The summed E-state index contributed by atoms with van der Waals surface area (Å²) in [6, 6.07) is -0.0545. The van der Waals surface area contributed by atoms with Crippen molar-refractivity contribution >= 4 is 51.5 Å². The molecule has 0 unspecified atom stereocenters. The van der Waals surface area contributed by atoms with Gasteiger partial charge in [0.05, 0.1) is 23.4 Å². The fourth-order valence-corrected chi connectivity index (χ4v) is 3.95. The van der Waals surface area contributed by atoms with Crippen LogP contribution in [0.1, 0.15) is 32.3 Å². The van der Waals surface area contributed by atoms with Crippen LogP contribution < -0.4 is 15.7 Å². The number of aryl methyl sites for hydroxylation is 1. The minimum Gasteiger partial charge on any atom is -0.352 e. The van der Waals surface area contributed by atoms with Gasteiger partial charge in [0.25, 0.3) is 11.8 Å². The number of hydroxylamine groups is 1. The van der Waals surface area contributed by atoms with Crippen molar-refractivity contribution in [1.82, 2.24) is 20.8 Å². The average molecular weight is 418 g/mol. The molecule has 2 aromatic heterocycles. The maximum atomic E-state index is 12.4. The van der Waals surface area contributed by atoms with E-state index in [4.69, 9.17) is 23.2 Å². The van der Waals surface area contributed by atoms with Gasteiger partial charge in [-0.3, -0.25) is 14.4 Å². The van der Waals surface area contributed by atoms with Crippen LogP contribution in [-0.4, -0.2) is 48.0 Å². The third kappa shape index (κ3) is 3.80. The van der Waals surface area contributed by atoms with Crippen LogP contribution in [0.15, 0.2) is 6.20 Å². The highest BCUT2D eigenvalue weighted by molar-refractivity contribution is 7.17. The van der Waals surface area contributed by atoms with Crippen LogP contribution in [0.25, 0.3) is 0 Å². The van der Waals surface area contributed by atoms with Crippen LogP contribution in [0.5, 0.6) is 0 Å². The lowest BCUT2D eigenvalue weighted by molar-refractivity contribution is 0.0541. The van der Waals surface area contributed by atoms with Gasteiger partial charge in [0, 0.05) is 24.8 Å². The Bertz CT molecular complexity index is 837. The van der Waals surface area contributed by atoms with E-state index in [-0.39, 0.29) is 28.6 Å². The summed E-state index contributed by atoms with van der Waals surface area (Å²) < 4.78 is 0. The van der Waals surface area contributed by atoms with Crippen LogP contribution >= 0.6 is 34.5 Å². The van der Waals surface area contributed by atoms with E-state index in [0.29, 0.717) is 22.1 Å². The van der Waals surface area contributed by atoms with Gasteiger partial charge < -0.3 is 15.2 Å². The molecule has 8 nitrogen and oxygen atoms in total. The summed E-state index contributed by atoms with van der Waals surface area (Å²) in [6.45, 7) is 3.07. The Hall–Kier alpha value is -1.81. The van der Waals surface area contributed by atoms with Gasteiger partial charge in [-0.25, -0.2) is 10.5 Å². The SMILES string of the molecule is CONC(=O)c1cnc(N2CC[C@@H](NC(=O)c3[nH]c(C)c(Cl)c3Cl)C2)s1. The average Bonchev–Trinajstić information content (AvgIpc) is 3.31. The number of H-pyrrole nitrogens is 1. The monoisotopic (exact) mass is 417 g/mol. The Kier molecular flexibility index (Phi) is 5.71. The van der Waals surface area contributed by atoms with Gasteiger partial charge in [0.2, 0.25) is 0 Å². The fourth-order valence-electron chi connectivity index (χ4n) is 2.70. The number of carbonyl (C=O) groups is 2. The van der Waals surface area contributed by atoms with E-state index in [1.54, 1.807) is 6.92 Å². The first kappa shape index (κ1) is 19.0. The zero-order valence-electron chi connectivity index (χ0n) is 14.1. The molecule has 0 bridgehead atoms. The third-order valence-electron chi connectivity index (χ3n) is 3.99. The van der Waals surface area contributed by atoms with Gasteiger partial charge in [-0.15, -0.1) is 0 Å². The third-order valence-corrected chi connectivity index (χ3v) is 5.99. The highest BCUT2D eigenvalue weighted by Gasteiger charge is 2.28. The van der Waals surface area contributed by atoms with Gasteiger partial charge >= 0.3 is 0 Å². The van der Waals surface area contributed by atoms with Gasteiger partial charge in [-0.1, -0.05) is 34.5 Å². The highest BCUT2D eigenvalue weighted by atomic mass is 35.5. The van der Waals surface area contributed by atoms with E-state index in [9.17, 15) is 9.59 Å². The Morgan fingerprint density at radius 1 is 1.38 bits per heavy atom. The Morgan fingerprint density at radius 2 is 2.15 bits per heavy atom. The van der Waals surface area contributed by atoms with Crippen molar-refractivity contribution in [2.75, 3.05) is 25.1 Å². The first-order valence-corrected chi connectivity index (χ1v) is 9.36. The number of hydrogen-bond acceptors (Lipinski definition) is 6. The number of aromatic amines is 1.